The number of ketones is 1. The number of hydrogen-bond acceptors (Lipinski definition) is 4. The fourth-order valence-electron chi connectivity index (χ4n) is 1.58. The highest BCUT2D eigenvalue weighted by Gasteiger charge is 2.19. The van der Waals surface area contributed by atoms with Crippen molar-refractivity contribution in [3.05, 3.63) is 28.8 Å². The van der Waals surface area contributed by atoms with Gasteiger partial charge in [0.15, 0.2) is 15.6 Å². The molecule has 2 N–H and O–H groups in total. The van der Waals surface area contributed by atoms with Crippen LogP contribution >= 0.6 is 0 Å². The van der Waals surface area contributed by atoms with Gasteiger partial charge in [0.2, 0.25) is 0 Å². The summed E-state index contributed by atoms with van der Waals surface area (Å²) >= 11 is 0. The first-order chi connectivity index (χ1) is 7.77. The van der Waals surface area contributed by atoms with Gasteiger partial charge in [0, 0.05) is 18.2 Å². The number of benzene rings is 1. The van der Waals surface area contributed by atoms with E-state index in [1.165, 1.54) is 0 Å². The molecular weight excluding hydrogens is 238 g/mol. The van der Waals surface area contributed by atoms with Gasteiger partial charge in [-0.15, -0.1) is 0 Å². The van der Waals surface area contributed by atoms with Gasteiger partial charge in [-0.1, -0.05) is 0 Å². The molecule has 0 aromatic heterocycles. The van der Waals surface area contributed by atoms with E-state index in [2.05, 4.69) is 0 Å². The molecule has 17 heavy (non-hydrogen) atoms. The maximum atomic E-state index is 11.8. The van der Waals surface area contributed by atoms with Crippen molar-refractivity contribution in [3.63, 3.8) is 0 Å². The minimum atomic E-state index is -3.40. The molecule has 0 heterocycles. The van der Waals surface area contributed by atoms with Crippen LogP contribution in [0.5, 0.6) is 0 Å². The lowest BCUT2D eigenvalue weighted by molar-refractivity contribution is 0.0982. The quantitative estimate of drug-likeness (QED) is 0.821. The fourth-order valence-corrected chi connectivity index (χ4v) is 2.54. The number of carbonyl (C=O) groups is 1. The first-order valence-electron chi connectivity index (χ1n) is 5.32. The van der Waals surface area contributed by atoms with Crippen LogP contribution in [0.15, 0.2) is 17.0 Å². The van der Waals surface area contributed by atoms with Crippen LogP contribution in [0.4, 0.5) is 0 Å². The molecule has 4 nitrogen and oxygen atoms in total. The topological polar surface area (TPSA) is 77.2 Å². The molecule has 1 aromatic rings. The number of nitrogens with two attached hydrogens (primary N) is 1. The Hall–Kier alpha value is -1.20. The van der Waals surface area contributed by atoms with Crippen LogP contribution in [-0.2, 0) is 9.84 Å². The van der Waals surface area contributed by atoms with Crippen molar-refractivity contribution in [3.8, 4) is 0 Å². The first kappa shape index (κ1) is 13.9. The van der Waals surface area contributed by atoms with Crippen molar-refractivity contribution in [1.29, 1.82) is 0 Å². The molecule has 0 saturated carbocycles. The van der Waals surface area contributed by atoms with Crippen LogP contribution in [0.1, 0.15) is 27.9 Å². The van der Waals surface area contributed by atoms with E-state index in [-0.39, 0.29) is 29.2 Å². The monoisotopic (exact) mass is 255 g/mol. The molecule has 94 valence electrons. The van der Waals surface area contributed by atoms with Gasteiger partial charge in [-0.2, -0.15) is 0 Å². The average molecular weight is 255 g/mol. The van der Waals surface area contributed by atoms with E-state index in [4.69, 9.17) is 5.73 Å². The number of sulfone groups is 1. The van der Waals surface area contributed by atoms with Crippen molar-refractivity contribution < 1.29 is 13.2 Å². The number of rotatable bonds is 4. The van der Waals surface area contributed by atoms with Crippen LogP contribution in [0.2, 0.25) is 0 Å². The molecular formula is C12H17NO3S. The highest BCUT2D eigenvalue weighted by Crippen LogP contribution is 2.22. The van der Waals surface area contributed by atoms with Gasteiger partial charge in [-0.3, -0.25) is 4.79 Å². The van der Waals surface area contributed by atoms with Gasteiger partial charge in [-0.25, -0.2) is 8.42 Å². The second-order valence-corrected chi connectivity index (χ2v) is 6.15. The third-order valence-electron chi connectivity index (χ3n) is 2.67. The van der Waals surface area contributed by atoms with E-state index in [1.807, 2.05) is 13.8 Å². The Morgan fingerprint density at radius 2 is 1.76 bits per heavy atom. The molecule has 0 spiro atoms. The molecule has 0 fully saturated rings. The summed E-state index contributed by atoms with van der Waals surface area (Å²) < 4.78 is 23.3. The van der Waals surface area contributed by atoms with Gasteiger partial charge in [-0.05, 0) is 43.7 Å². The van der Waals surface area contributed by atoms with E-state index in [0.29, 0.717) is 0 Å². The summed E-state index contributed by atoms with van der Waals surface area (Å²) in [7, 11) is -3.40. The number of aryl methyl sites for hydroxylation is 2. The predicted octanol–water partition coefficient (Wildman–Crippen LogP) is 1.24. The summed E-state index contributed by atoms with van der Waals surface area (Å²) in [4.78, 5) is 11.9. The molecule has 0 saturated heterocycles. The second-order valence-electron chi connectivity index (χ2n) is 4.17. The van der Waals surface area contributed by atoms with Gasteiger partial charge in [0.1, 0.15) is 0 Å². The molecule has 0 atom stereocenters. The van der Waals surface area contributed by atoms with Gasteiger partial charge in [0.25, 0.3) is 0 Å². The van der Waals surface area contributed by atoms with Crippen LogP contribution < -0.4 is 5.73 Å². The van der Waals surface area contributed by atoms with E-state index in [9.17, 15) is 13.2 Å². The Labute approximate surface area is 102 Å². The molecule has 0 aliphatic carbocycles. The Morgan fingerprint density at radius 1 is 1.24 bits per heavy atom. The summed E-state index contributed by atoms with van der Waals surface area (Å²) in [6, 6.07) is 3.18. The Kier molecular flexibility index (Phi) is 4.06. The van der Waals surface area contributed by atoms with Crippen LogP contribution in [0.3, 0.4) is 0 Å². The molecule has 1 rings (SSSR count). The smallest absolute Gasteiger partial charge is 0.176 e. The summed E-state index contributed by atoms with van der Waals surface area (Å²) in [5.74, 6) is -0.226. The van der Waals surface area contributed by atoms with E-state index in [0.717, 1.165) is 17.4 Å². The van der Waals surface area contributed by atoms with Crippen molar-refractivity contribution >= 4 is 15.6 Å². The molecule has 0 radical (unpaired) electrons. The van der Waals surface area contributed by atoms with Crippen molar-refractivity contribution in [2.45, 2.75) is 25.2 Å². The standard InChI is InChI=1S/C12H17NO3S/c1-8-6-10(11(14)4-5-13)12(7-9(8)2)17(3,15)16/h6-7H,4-5,13H2,1-3H3. The minimum absolute atomic E-state index is 0.0963. The molecule has 5 heteroatoms. The van der Waals surface area contributed by atoms with Gasteiger partial charge in [0.05, 0.1) is 4.90 Å². The maximum absolute atomic E-state index is 11.8. The Balaban J connectivity index is 3.47. The zero-order valence-electron chi connectivity index (χ0n) is 10.3. The minimum Gasteiger partial charge on any atom is -0.330 e. The molecule has 1 aromatic carbocycles. The highest BCUT2D eigenvalue weighted by molar-refractivity contribution is 7.90. The second kappa shape index (κ2) is 4.98. The van der Waals surface area contributed by atoms with E-state index < -0.39 is 9.84 Å². The highest BCUT2D eigenvalue weighted by atomic mass is 32.2. The first-order valence-corrected chi connectivity index (χ1v) is 7.21. The lowest BCUT2D eigenvalue weighted by Gasteiger charge is -2.10. The lowest BCUT2D eigenvalue weighted by Crippen LogP contribution is -2.13. The van der Waals surface area contributed by atoms with E-state index in [1.54, 1.807) is 12.1 Å². The largest absolute Gasteiger partial charge is 0.330 e. The van der Waals surface area contributed by atoms with Crippen molar-refractivity contribution in [2.24, 2.45) is 5.73 Å². The zero-order chi connectivity index (χ0) is 13.2. The van der Waals surface area contributed by atoms with Crippen LogP contribution in [0, 0.1) is 13.8 Å². The molecule has 0 amide bonds. The predicted molar refractivity (Wildman–Crippen MR) is 67.0 cm³/mol. The number of hydrogen-bond donors (Lipinski definition) is 1. The Morgan fingerprint density at radius 3 is 2.24 bits per heavy atom. The van der Waals surface area contributed by atoms with E-state index >= 15 is 0 Å². The van der Waals surface area contributed by atoms with Crippen molar-refractivity contribution in [2.75, 3.05) is 12.8 Å². The zero-order valence-corrected chi connectivity index (χ0v) is 11.1. The summed E-state index contributed by atoms with van der Waals surface area (Å²) in [5, 5.41) is 0. The normalized spacial score (nSPS) is 11.5. The summed E-state index contributed by atoms with van der Waals surface area (Å²) in [6.45, 7) is 3.89. The molecule has 0 unspecified atom stereocenters. The SMILES string of the molecule is Cc1cc(C(=O)CCN)c(S(C)(=O)=O)cc1C. The van der Waals surface area contributed by atoms with Crippen molar-refractivity contribution in [1.82, 2.24) is 0 Å². The third kappa shape index (κ3) is 3.14. The van der Waals surface area contributed by atoms with Crippen LogP contribution in [0.25, 0.3) is 0 Å². The lowest BCUT2D eigenvalue weighted by atomic mass is 10.0. The fraction of sp³-hybridized carbons (Fsp3) is 0.417. The van der Waals surface area contributed by atoms with Gasteiger partial charge >= 0.3 is 0 Å². The average Bonchev–Trinajstić information content (AvgIpc) is 2.20. The Bertz CT molecular complexity index is 547. The molecule has 0 aliphatic rings. The maximum Gasteiger partial charge on any atom is 0.176 e. The molecule has 0 bridgehead atoms. The number of carbonyl (C=O) groups excluding carboxylic acids is 1. The third-order valence-corrected chi connectivity index (χ3v) is 3.80. The van der Waals surface area contributed by atoms with Gasteiger partial charge < -0.3 is 5.73 Å². The number of Topliss-reactive ketones (excluding diaryl/α,β-unsaturated/α-hetero) is 1. The molecule has 0 aliphatic heterocycles. The summed E-state index contributed by atoms with van der Waals surface area (Å²) in [6.07, 6.45) is 1.27. The van der Waals surface area contributed by atoms with Crippen LogP contribution in [-0.4, -0.2) is 27.0 Å². The summed E-state index contributed by atoms with van der Waals surface area (Å²) in [5.41, 5.74) is 7.33.